The first kappa shape index (κ1) is 17.4. The Bertz CT molecular complexity index is 959. The van der Waals surface area contributed by atoms with Gasteiger partial charge in [0.25, 0.3) is 0 Å². The number of fused-ring (bicyclic) bond motifs is 5. The van der Waals surface area contributed by atoms with Crippen molar-refractivity contribution in [2.45, 2.75) is 42.8 Å². The Morgan fingerprint density at radius 1 is 1.11 bits per heavy atom. The van der Waals surface area contributed by atoms with Crippen molar-refractivity contribution in [3.05, 3.63) is 34.8 Å². The number of aryl methyl sites for hydroxylation is 1. The van der Waals surface area contributed by atoms with Gasteiger partial charge >= 0.3 is 0 Å². The van der Waals surface area contributed by atoms with Crippen LogP contribution < -0.4 is 0 Å². The van der Waals surface area contributed by atoms with Crippen LogP contribution in [0.5, 0.6) is 0 Å². The number of thiazole rings is 1. The van der Waals surface area contributed by atoms with Crippen LogP contribution in [0, 0.1) is 18.8 Å². The lowest BCUT2D eigenvalue weighted by molar-refractivity contribution is -0.127. The third-order valence-electron chi connectivity index (χ3n) is 6.04. The van der Waals surface area contributed by atoms with E-state index in [1.54, 1.807) is 6.26 Å². The number of aromatic nitrogens is 1. The molecule has 0 spiro atoms. The molecule has 5 nitrogen and oxygen atoms in total. The number of Topliss-reactive ketones (excluding diaryl/α,β-unsaturated/α-hetero) is 2. The molecule has 3 fully saturated rings. The quantitative estimate of drug-likeness (QED) is 0.736. The minimum atomic E-state index is -1.03. The summed E-state index contributed by atoms with van der Waals surface area (Å²) in [4.78, 5) is 32.4. The van der Waals surface area contributed by atoms with E-state index in [0.29, 0.717) is 5.69 Å². The fraction of sp³-hybridized carbons (Fsp3) is 0.450. The summed E-state index contributed by atoms with van der Waals surface area (Å²) in [5, 5.41) is 0.785. The van der Waals surface area contributed by atoms with Gasteiger partial charge in [-0.2, -0.15) is 0 Å². The SMILES string of the molecule is Cc1sc(-c2ccc(S(C)=O)cc2)nc1C1C(=O)C2[C@@H](C1=O)[C@@H]1CC[C@H]2O1.[HH]. The molecule has 0 N–H and O–H groups in total. The summed E-state index contributed by atoms with van der Waals surface area (Å²) < 4.78 is 17.4. The van der Waals surface area contributed by atoms with E-state index >= 15 is 0 Å². The zero-order valence-electron chi connectivity index (χ0n) is 15.0. The maximum atomic E-state index is 13.0. The number of ether oxygens (including phenoxy) is 1. The lowest BCUT2D eigenvalue weighted by Crippen LogP contribution is -2.29. The molecular formula is C20H21NO4S2. The lowest BCUT2D eigenvalue weighted by atomic mass is 9.81. The minimum absolute atomic E-state index is 0. The first-order valence-electron chi connectivity index (χ1n) is 9.10. The molecule has 1 aromatic carbocycles. The third-order valence-corrected chi connectivity index (χ3v) is 8.01. The number of carbonyl (C=O) groups is 2. The van der Waals surface area contributed by atoms with Gasteiger partial charge in [-0.1, -0.05) is 12.1 Å². The average molecular weight is 404 g/mol. The summed E-state index contributed by atoms with van der Waals surface area (Å²) in [6.07, 6.45) is 3.24. The Morgan fingerprint density at radius 3 is 2.26 bits per heavy atom. The van der Waals surface area contributed by atoms with Gasteiger partial charge in [0.1, 0.15) is 10.9 Å². The number of benzene rings is 1. The highest BCUT2D eigenvalue weighted by atomic mass is 32.2. The predicted molar refractivity (Wildman–Crippen MR) is 104 cm³/mol. The standard InChI is InChI=1S/C20H19NO4S2.H2/c1-9-17(21-20(26-9)10-3-5-11(6-4-10)27(2)24)16-18(22)14-12-7-8-13(25-12)15(14)19(16)23;/h3-6,12-16H,7-8H2,1-2H3;1H/t12-,13+,14-,15?,16?,27?;/m0./s1. The van der Waals surface area contributed by atoms with Crippen molar-refractivity contribution in [3.8, 4) is 10.6 Å². The fourth-order valence-corrected chi connectivity index (χ4v) is 6.26. The molecule has 2 bridgehead atoms. The van der Waals surface area contributed by atoms with Gasteiger partial charge in [0.2, 0.25) is 0 Å². The van der Waals surface area contributed by atoms with Crippen molar-refractivity contribution in [1.82, 2.24) is 4.98 Å². The zero-order valence-corrected chi connectivity index (χ0v) is 16.6. The van der Waals surface area contributed by atoms with E-state index in [0.717, 1.165) is 33.2 Å². The van der Waals surface area contributed by atoms with E-state index in [9.17, 15) is 13.8 Å². The molecule has 3 unspecified atom stereocenters. The van der Waals surface area contributed by atoms with E-state index in [4.69, 9.17) is 9.72 Å². The highest BCUT2D eigenvalue weighted by Crippen LogP contribution is 2.52. The molecular weight excluding hydrogens is 382 g/mol. The molecule has 1 saturated carbocycles. The van der Waals surface area contributed by atoms with Crippen molar-refractivity contribution in [2.75, 3.05) is 6.26 Å². The zero-order chi connectivity index (χ0) is 18.9. The minimum Gasteiger partial charge on any atom is -0.373 e. The Hall–Kier alpha value is -1.70. The van der Waals surface area contributed by atoms with Crippen molar-refractivity contribution >= 4 is 33.7 Å². The van der Waals surface area contributed by atoms with Crippen LogP contribution in [0.2, 0.25) is 0 Å². The monoisotopic (exact) mass is 403 g/mol. The molecule has 1 aromatic heterocycles. The topological polar surface area (TPSA) is 73.3 Å². The van der Waals surface area contributed by atoms with Crippen LogP contribution in [0.3, 0.4) is 0 Å². The number of nitrogens with zero attached hydrogens (tertiary/aromatic N) is 1. The van der Waals surface area contributed by atoms with Gasteiger partial charge in [-0.15, -0.1) is 11.3 Å². The van der Waals surface area contributed by atoms with Crippen LogP contribution in [0.4, 0.5) is 0 Å². The Kier molecular flexibility index (Phi) is 3.97. The molecule has 2 aliphatic heterocycles. The van der Waals surface area contributed by atoms with Crippen LogP contribution in [-0.2, 0) is 25.1 Å². The number of rotatable bonds is 3. The molecule has 6 atom stereocenters. The number of hydrogen-bond acceptors (Lipinski definition) is 6. The number of hydrogen-bond donors (Lipinski definition) is 0. The van der Waals surface area contributed by atoms with Crippen molar-refractivity contribution in [2.24, 2.45) is 11.8 Å². The molecule has 2 aromatic rings. The molecule has 0 radical (unpaired) electrons. The lowest BCUT2D eigenvalue weighted by Gasteiger charge is -2.16. The number of carbonyl (C=O) groups excluding carboxylic acids is 2. The van der Waals surface area contributed by atoms with E-state index in [1.165, 1.54) is 11.3 Å². The van der Waals surface area contributed by atoms with E-state index in [1.807, 2.05) is 31.2 Å². The second kappa shape index (κ2) is 6.15. The predicted octanol–water partition coefficient (Wildman–Crippen LogP) is 3.13. The largest absolute Gasteiger partial charge is 0.373 e. The van der Waals surface area contributed by atoms with Crippen LogP contribution in [0.25, 0.3) is 10.6 Å². The molecule has 0 amide bonds. The molecule has 3 aliphatic rings. The van der Waals surface area contributed by atoms with Crippen LogP contribution >= 0.6 is 11.3 Å². The summed E-state index contributed by atoms with van der Waals surface area (Å²) >= 11 is 1.50. The highest BCUT2D eigenvalue weighted by molar-refractivity contribution is 7.84. The number of ketones is 2. The van der Waals surface area contributed by atoms with Gasteiger partial charge < -0.3 is 4.74 Å². The van der Waals surface area contributed by atoms with Gasteiger partial charge in [-0.25, -0.2) is 4.98 Å². The van der Waals surface area contributed by atoms with Crippen LogP contribution in [0.15, 0.2) is 29.2 Å². The molecule has 142 valence electrons. The van der Waals surface area contributed by atoms with Crippen LogP contribution in [0.1, 0.15) is 30.8 Å². The van der Waals surface area contributed by atoms with E-state index in [-0.39, 0.29) is 37.0 Å². The molecule has 5 rings (SSSR count). The Balaban J connectivity index is 0.00000192. The first-order chi connectivity index (χ1) is 13.0. The maximum absolute atomic E-state index is 13.0. The molecule has 2 saturated heterocycles. The van der Waals surface area contributed by atoms with Gasteiger partial charge in [0, 0.05) is 33.8 Å². The summed E-state index contributed by atoms with van der Waals surface area (Å²) in [5.41, 5.74) is 1.52. The van der Waals surface area contributed by atoms with Gasteiger partial charge in [-0.05, 0) is 31.9 Å². The van der Waals surface area contributed by atoms with Gasteiger partial charge in [-0.3, -0.25) is 13.8 Å². The second-order valence-corrected chi connectivity index (χ2v) is 10.1. The smallest absolute Gasteiger partial charge is 0.155 e. The normalized spacial score (nSPS) is 32.9. The average Bonchev–Trinajstić information content (AvgIpc) is 3.40. The second-order valence-electron chi connectivity index (χ2n) is 7.52. The Morgan fingerprint density at radius 2 is 1.70 bits per heavy atom. The van der Waals surface area contributed by atoms with Gasteiger partial charge in [0.05, 0.1) is 29.7 Å². The maximum Gasteiger partial charge on any atom is 0.155 e. The van der Waals surface area contributed by atoms with E-state index in [2.05, 4.69) is 0 Å². The summed E-state index contributed by atoms with van der Waals surface area (Å²) in [5.74, 6) is -1.29. The highest BCUT2D eigenvalue weighted by Gasteiger charge is 2.63. The fourth-order valence-electron chi connectivity index (χ4n) is 4.78. The molecule has 7 heteroatoms. The van der Waals surface area contributed by atoms with E-state index < -0.39 is 16.7 Å². The summed E-state index contributed by atoms with van der Waals surface area (Å²) in [6, 6.07) is 7.43. The van der Waals surface area contributed by atoms with Crippen LogP contribution in [-0.4, -0.2) is 39.2 Å². The first-order valence-corrected chi connectivity index (χ1v) is 11.5. The Labute approximate surface area is 165 Å². The third kappa shape index (κ3) is 2.52. The molecule has 1 aliphatic carbocycles. The van der Waals surface area contributed by atoms with Crippen molar-refractivity contribution < 1.29 is 20.0 Å². The molecule has 3 heterocycles. The molecule has 27 heavy (non-hydrogen) atoms. The van der Waals surface area contributed by atoms with Gasteiger partial charge in [0.15, 0.2) is 11.6 Å². The van der Waals surface area contributed by atoms with Crippen molar-refractivity contribution in [1.29, 1.82) is 0 Å². The summed E-state index contributed by atoms with van der Waals surface area (Å²) in [6.45, 7) is 1.92. The summed E-state index contributed by atoms with van der Waals surface area (Å²) in [7, 11) is -1.03. The van der Waals surface area contributed by atoms with Crippen molar-refractivity contribution in [3.63, 3.8) is 0 Å².